The summed E-state index contributed by atoms with van der Waals surface area (Å²) in [5.74, 6) is 0.517. The molecule has 8 heteroatoms. The molecule has 2 aliphatic heterocycles. The number of amides is 1. The summed E-state index contributed by atoms with van der Waals surface area (Å²) in [7, 11) is -3.13. The van der Waals surface area contributed by atoms with Crippen LogP contribution in [0, 0.1) is 0 Å². The second-order valence-electron chi connectivity index (χ2n) is 8.00. The van der Waals surface area contributed by atoms with Gasteiger partial charge in [0.05, 0.1) is 17.5 Å². The van der Waals surface area contributed by atoms with Gasteiger partial charge < -0.3 is 9.64 Å². The molecule has 0 radical (unpaired) electrons. The fourth-order valence-electron chi connectivity index (χ4n) is 4.04. The molecule has 33 heavy (non-hydrogen) atoms. The van der Waals surface area contributed by atoms with Crippen LogP contribution in [0.15, 0.2) is 89.9 Å². The number of nitrogens with zero attached hydrogens (tertiary/aromatic N) is 2. The average Bonchev–Trinajstić information content (AvgIpc) is 3.30. The standard InChI is InChI=1S/C25H22N2O4S2/c28-24(19-9-5-2-6-10-19)26-25-27(22-16-33(29,30)17-23(22)32-25)20-11-13-21(14-12-20)31-15-18-7-3-1-4-8-18/h1-14,22-23H,15-17H2. The Bertz CT molecular complexity index is 1280. The highest BCUT2D eigenvalue weighted by Crippen LogP contribution is 2.41. The largest absolute Gasteiger partial charge is 0.489 e. The molecule has 3 aromatic rings. The summed E-state index contributed by atoms with van der Waals surface area (Å²) < 4.78 is 30.4. The van der Waals surface area contributed by atoms with E-state index in [1.165, 1.54) is 11.8 Å². The second kappa shape index (κ2) is 9.03. The van der Waals surface area contributed by atoms with E-state index in [2.05, 4.69) is 4.99 Å². The van der Waals surface area contributed by atoms with Gasteiger partial charge in [-0.25, -0.2) is 8.42 Å². The van der Waals surface area contributed by atoms with Crippen LogP contribution < -0.4 is 9.64 Å². The molecule has 2 unspecified atom stereocenters. The normalized spacial score (nSPS) is 22.3. The lowest BCUT2D eigenvalue weighted by atomic mass is 10.2. The first-order valence-electron chi connectivity index (χ1n) is 10.6. The summed E-state index contributed by atoms with van der Waals surface area (Å²) in [4.78, 5) is 19.0. The van der Waals surface area contributed by atoms with E-state index in [0.29, 0.717) is 23.1 Å². The number of hydrogen-bond donors (Lipinski definition) is 0. The molecule has 0 spiro atoms. The van der Waals surface area contributed by atoms with E-state index in [-0.39, 0.29) is 28.7 Å². The summed E-state index contributed by atoms with van der Waals surface area (Å²) >= 11 is 1.37. The Labute approximate surface area is 197 Å². The van der Waals surface area contributed by atoms with Gasteiger partial charge in [-0.1, -0.05) is 60.3 Å². The number of thioether (sulfide) groups is 1. The van der Waals surface area contributed by atoms with Crippen molar-refractivity contribution in [2.75, 3.05) is 16.4 Å². The molecule has 2 atom stereocenters. The fraction of sp³-hybridized carbons (Fsp3) is 0.200. The molecule has 2 saturated heterocycles. The van der Waals surface area contributed by atoms with Crippen molar-refractivity contribution < 1.29 is 17.9 Å². The van der Waals surface area contributed by atoms with E-state index in [1.807, 2.05) is 65.6 Å². The molecule has 168 valence electrons. The van der Waals surface area contributed by atoms with Gasteiger partial charge in [0.15, 0.2) is 15.0 Å². The number of rotatable bonds is 5. The monoisotopic (exact) mass is 478 g/mol. The SMILES string of the molecule is O=C(N=C1SC2CS(=O)(=O)CC2N1c1ccc(OCc2ccccc2)cc1)c1ccccc1. The third-order valence-corrected chi connectivity index (χ3v) is 8.86. The Balaban J connectivity index is 1.40. The van der Waals surface area contributed by atoms with Crippen molar-refractivity contribution in [2.24, 2.45) is 4.99 Å². The summed E-state index contributed by atoms with van der Waals surface area (Å²) in [6.45, 7) is 0.459. The molecule has 0 aromatic heterocycles. The van der Waals surface area contributed by atoms with E-state index >= 15 is 0 Å². The maximum absolute atomic E-state index is 12.7. The molecular weight excluding hydrogens is 456 g/mol. The van der Waals surface area contributed by atoms with Crippen LogP contribution in [0.25, 0.3) is 0 Å². The molecule has 6 nitrogen and oxygen atoms in total. The minimum absolute atomic E-state index is 0.0511. The molecule has 2 aliphatic rings. The van der Waals surface area contributed by atoms with Gasteiger partial charge in [0, 0.05) is 16.5 Å². The van der Waals surface area contributed by atoms with Gasteiger partial charge in [-0.2, -0.15) is 4.99 Å². The molecule has 5 rings (SSSR count). The lowest BCUT2D eigenvalue weighted by molar-refractivity contribution is 0.100. The van der Waals surface area contributed by atoms with E-state index < -0.39 is 9.84 Å². The van der Waals surface area contributed by atoms with Crippen molar-refractivity contribution in [2.45, 2.75) is 17.9 Å². The number of amidine groups is 1. The summed E-state index contributed by atoms with van der Waals surface area (Å²) in [5.41, 5.74) is 2.36. The minimum Gasteiger partial charge on any atom is -0.489 e. The highest BCUT2D eigenvalue weighted by atomic mass is 32.2. The number of fused-ring (bicyclic) bond motifs is 1. The molecular formula is C25H22N2O4S2. The first-order chi connectivity index (χ1) is 16.0. The van der Waals surface area contributed by atoms with Crippen molar-refractivity contribution in [3.05, 3.63) is 96.1 Å². The average molecular weight is 479 g/mol. The van der Waals surface area contributed by atoms with Gasteiger partial charge in [0.1, 0.15) is 12.4 Å². The number of hydrogen-bond acceptors (Lipinski definition) is 5. The van der Waals surface area contributed by atoms with Crippen LogP contribution in [-0.2, 0) is 16.4 Å². The van der Waals surface area contributed by atoms with Crippen LogP contribution in [-0.4, -0.2) is 42.3 Å². The topological polar surface area (TPSA) is 76.0 Å². The van der Waals surface area contributed by atoms with Gasteiger partial charge in [0.2, 0.25) is 0 Å². The van der Waals surface area contributed by atoms with E-state index in [4.69, 9.17) is 4.74 Å². The number of ether oxygens (including phenoxy) is 1. The van der Waals surface area contributed by atoms with Gasteiger partial charge in [-0.15, -0.1) is 0 Å². The van der Waals surface area contributed by atoms with Crippen molar-refractivity contribution in [1.82, 2.24) is 0 Å². The van der Waals surface area contributed by atoms with Crippen molar-refractivity contribution >= 4 is 38.4 Å². The fourth-order valence-corrected chi connectivity index (χ4v) is 7.95. The van der Waals surface area contributed by atoms with Crippen LogP contribution in [0.2, 0.25) is 0 Å². The maximum atomic E-state index is 12.7. The third kappa shape index (κ3) is 4.82. The molecule has 2 heterocycles. The summed E-state index contributed by atoms with van der Waals surface area (Å²) in [6.07, 6.45) is 0. The van der Waals surface area contributed by atoms with Crippen molar-refractivity contribution in [1.29, 1.82) is 0 Å². The number of sulfone groups is 1. The van der Waals surface area contributed by atoms with E-state index in [1.54, 1.807) is 24.3 Å². The van der Waals surface area contributed by atoms with Crippen LogP contribution in [0.5, 0.6) is 5.75 Å². The first kappa shape index (κ1) is 21.7. The van der Waals surface area contributed by atoms with E-state index in [0.717, 1.165) is 11.3 Å². The predicted molar refractivity (Wildman–Crippen MR) is 132 cm³/mol. The first-order valence-corrected chi connectivity index (χ1v) is 13.3. The lowest BCUT2D eigenvalue weighted by Gasteiger charge is -2.24. The van der Waals surface area contributed by atoms with Gasteiger partial charge >= 0.3 is 0 Å². The number of anilines is 1. The number of benzene rings is 3. The van der Waals surface area contributed by atoms with Crippen LogP contribution >= 0.6 is 11.8 Å². The Morgan fingerprint density at radius 2 is 1.61 bits per heavy atom. The zero-order valence-corrected chi connectivity index (χ0v) is 19.3. The zero-order valence-electron chi connectivity index (χ0n) is 17.7. The zero-order chi connectivity index (χ0) is 22.8. The second-order valence-corrected chi connectivity index (χ2v) is 11.4. The van der Waals surface area contributed by atoms with Gasteiger partial charge in [-0.05, 0) is 42.0 Å². The minimum atomic E-state index is -3.13. The third-order valence-electron chi connectivity index (χ3n) is 5.65. The lowest BCUT2D eigenvalue weighted by Crippen LogP contribution is -2.37. The highest BCUT2D eigenvalue weighted by molar-refractivity contribution is 8.16. The Morgan fingerprint density at radius 1 is 0.939 bits per heavy atom. The molecule has 2 fully saturated rings. The predicted octanol–water partition coefficient (Wildman–Crippen LogP) is 4.18. The smallest absolute Gasteiger partial charge is 0.279 e. The van der Waals surface area contributed by atoms with Crippen LogP contribution in [0.4, 0.5) is 5.69 Å². The summed E-state index contributed by atoms with van der Waals surface area (Å²) in [6, 6.07) is 26.0. The number of carbonyl (C=O) groups excluding carboxylic acids is 1. The molecule has 0 bridgehead atoms. The molecule has 1 amide bonds. The van der Waals surface area contributed by atoms with Gasteiger partial charge in [-0.3, -0.25) is 4.79 Å². The van der Waals surface area contributed by atoms with Crippen LogP contribution in [0.3, 0.4) is 0 Å². The molecule has 0 N–H and O–H groups in total. The van der Waals surface area contributed by atoms with Crippen molar-refractivity contribution in [3.8, 4) is 5.75 Å². The number of aliphatic imine (C=N–C) groups is 1. The maximum Gasteiger partial charge on any atom is 0.279 e. The quantitative estimate of drug-likeness (QED) is 0.548. The molecule has 0 aliphatic carbocycles. The summed E-state index contributed by atoms with van der Waals surface area (Å²) in [5, 5.41) is 0.387. The molecule has 0 saturated carbocycles. The molecule has 3 aromatic carbocycles. The Kier molecular flexibility index (Phi) is 5.95. The Morgan fingerprint density at radius 3 is 2.30 bits per heavy atom. The van der Waals surface area contributed by atoms with Crippen molar-refractivity contribution in [3.63, 3.8) is 0 Å². The van der Waals surface area contributed by atoms with Gasteiger partial charge in [0.25, 0.3) is 5.91 Å². The number of carbonyl (C=O) groups is 1. The van der Waals surface area contributed by atoms with Crippen LogP contribution in [0.1, 0.15) is 15.9 Å². The van der Waals surface area contributed by atoms with E-state index in [9.17, 15) is 13.2 Å². The Hall–Kier alpha value is -3.10. The highest BCUT2D eigenvalue weighted by Gasteiger charge is 2.49.